The summed E-state index contributed by atoms with van der Waals surface area (Å²) >= 11 is 1.61. The van der Waals surface area contributed by atoms with Crippen molar-refractivity contribution in [1.82, 2.24) is 0 Å². The summed E-state index contributed by atoms with van der Waals surface area (Å²) in [6.45, 7) is 0. The predicted molar refractivity (Wildman–Crippen MR) is 82.2 cm³/mol. The van der Waals surface area contributed by atoms with E-state index in [2.05, 4.69) is 0 Å². The molecule has 0 aromatic carbocycles. The maximum absolute atomic E-state index is 13.7. The van der Waals surface area contributed by atoms with E-state index in [0.29, 0.717) is 12.2 Å². The van der Waals surface area contributed by atoms with E-state index in [-0.39, 0.29) is 28.4 Å². The molecule has 2 nitrogen and oxygen atoms in total. The van der Waals surface area contributed by atoms with E-state index >= 15 is 0 Å². The number of hydrogen-bond donors (Lipinski definition) is 0. The van der Waals surface area contributed by atoms with Crippen molar-refractivity contribution in [1.29, 1.82) is 0 Å². The number of alkyl halides is 7. The summed E-state index contributed by atoms with van der Waals surface area (Å²) in [5.41, 5.74) is -0.0779. The normalized spacial score (nSPS) is 21.2. The van der Waals surface area contributed by atoms with E-state index in [4.69, 9.17) is 0 Å². The molecule has 1 aliphatic rings. The summed E-state index contributed by atoms with van der Waals surface area (Å²) in [6.07, 6.45) is -3.54. The molecule has 0 spiro atoms. The lowest BCUT2D eigenvalue weighted by Crippen LogP contribution is -2.44. The first-order valence-electron chi connectivity index (χ1n) is 7.05. The SMILES string of the molecule is O=C([O-])C1C(CCCC=CCC(F)(F)C(F)(F)F)=CC(I)=CC1(F)F. The summed E-state index contributed by atoms with van der Waals surface area (Å²) in [6, 6.07) is 0. The van der Waals surface area contributed by atoms with Crippen molar-refractivity contribution < 1.29 is 40.6 Å². The van der Waals surface area contributed by atoms with Crippen molar-refractivity contribution >= 4 is 28.6 Å². The van der Waals surface area contributed by atoms with Gasteiger partial charge in [0.2, 0.25) is 0 Å². The third-order valence-corrected chi connectivity index (χ3v) is 4.06. The molecule has 0 aromatic heterocycles. The van der Waals surface area contributed by atoms with Crippen LogP contribution < -0.4 is 5.11 Å². The van der Waals surface area contributed by atoms with Crippen LogP contribution in [-0.4, -0.2) is 24.0 Å². The number of allylic oxidation sites excluding steroid dienone is 5. The Morgan fingerprint density at radius 1 is 1.24 bits per heavy atom. The average Bonchev–Trinajstić information content (AvgIpc) is 2.38. The predicted octanol–water partition coefficient (Wildman–Crippen LogP) is 4.56. The van der Waals surface area contributed by atoms with Crippen LogP contribution in [0.2, 0.25) is 0 Å². The number of carbonyl (C=O) groups is 1. The molecule has 0 fully saturated rings. The Balaban J connectivity index is 2.59. The molecule has 0 heterocycles. The summed E-state index contributed by atoms with van der Waals surface area (Å²) < 4.78 is 88.8. The fourth-order valence-corrected chi connectivity index (χ4v) is 3.05. The highest BCUT2D eigenvalue weighted by Gasteiger charge is 2.56. The number of aliphatic carboxylic acids is 1. The van der Waals surface area contributed by atoms with Crippen LogP contribution in [0.1, 0.15) is 25.7 Å². The zero-order chi connectivity index (χ0) is 19.5. The van der Waals surface area contributed by atoms with E-state index in [1.54, 1.807) is 22.6 Å². The third kappa shape index (κ3) is 6.00. The fourth-order valence-electron chi connectivity index (χ4n) is 2.23. The Bertz CT molecular complexity index is 591. The highest BCUT2D eigenvalue weighted by atomic mass is 127. The van der Waals surface area contributed by atoms with Gasteiger partial charge in [0.1, 0.15) is 0 Å². The van der Waals surface area contributed by atoms with Gasteiger partial charge in [0.05, 0.1) is 11.9 Å². The van der Waals surface area contributed by atoms with Crippen molar-refractivity contribution in [3.63, 3.8) is 0 Å². The van der Waals surface area contributed by atoms with Gasteiger partial charge >= 0.3 is 12.1 Å². The van der Waals surface area contributed by atoms with Crippen LogP contribution >= 0.6 is 22.6 Å². The van der Waals surface area contributed by atoms with Gasteiger partial charge in [0.25, 0.3) is 5.92 Å². The molecule has 142 valence electrons. The molecule has 1 aliphatic carbocycles. The van der Waals surface area contributed by atoms with Crippen LogP contribution in [0.3, 0.4) is 0 Å². The second-order valence-electron chi connectivity index (χ2n) is 5.45. The monoisotopic (exact) mass is 485 g/mol. The molecule has 0 N–H and O–H groups in total. The lowest BCUT2D eigenvalue weighted by Gasteiger charge is -2.31. The zero-order valence-electron chi connectivity index (χ0n) is 12.6. The van der Waals surface area contributed by atoms with E-state index in [9.17, 15) is 40.6 Å². The number of rotatable bonds is 7. The molecule has 0 radical (unpaired) electrons. The maximum Gasteiger partial charge on any atom is 0.453 e. The Kier molecular flexibility index (Phi) is 7.11. The van der Waals surface area contributed by atoms with Gasteiger partial charge in [-0.05, 0) is 54.0 Å². The molecular formula is C15H13F7IO2-. The Hall–Kier alpha value is -1.07. The first-order valence-corrected chi connectivity index (χ1v) is 8.13. The Morgan fingerprint density at radius 2 is 1.84 bits per heavy atom. The standard InChI is InChI=1S/C15H14F7IO2/c16-13(17)8-10(23)7-9(11(13)12(24)25)5-3-1-2-4-6-14(18,19)15(20,21)22/h2,4,7-8,11H,1,3,5-6H2,(H,24,25)/p-1. The molecule has 25 heavy (non-hydrogen) atoms. The Morgan fingerprint density at radius 3 is 2.36 bits per heavy atom. The molecule has 10 heteroatoms. The van der Waals surface area contributed by atoms with E-state index in [1.165, 1.54) is 6.08 Å². The van der Waals surface area contributed by atoms with E-state index in [0.717, 1.165) is 6.08 Å². The third-order valence-electron chi connectivity index (χ3n) is 3.44. The van der Waals surface area contributed by atoms with Gasteiger partial charge in [-0.2, -0.15) is 22.0 Å². The van der Waals surface area contributed by atoms with E-state index in [1.807, 2.05) is 0 Å². The molecule has 0 bridgehead atoms. The summed E-state index contributed by atoms with van der Waals surface area (Å²) in [5.74, 6) is -12.5. The van der Waals surface area contributed by atoms with Crippen molar-refractivity contribution in [2.24, 2.45) is 5.92 Å². The summed E-state index contributed by atoms with van der Waals surface area (Å²) in [4.78, 5) is 11.0. The van der Waals surface area contributed by atoms with Crippen LogP contribution in [0.25, 0.3) is 0 Å². The maximum atomic E-state index is 13.7. The number of carboxylic acids is 1. The van der Waals surface area contributed by atoms with Gasteiger partial charge in [0.15, 0.2) is 0 Å². The van der Waals surface area contributed by atoms with Gasteiger partial charge in [-0.25, -0.2) is 8.78 Å². The number of carbonyl (C=O) groups excluding carboxylic acids is 1. The van der Waals surface area contributed by atoms with Gasteiger partial charge in [0, 0.05) is 10.0 Å². The minimum Gasteiger partial charge on any atom is -0.549 e. The van der Waals surface area contributed by atoms with Crippen LogP contribution in [-0.2, 0) is 4.79 Å². The average molecular weight is 485 g/mol. The molecule has 0 saturated heterocycles. The minimum atomic E-state index is -5.64. The van der Waals surface area contributed by atoms with Gasteiger partial charge in [-0.15, -0.1) is 0 Å². The topological polar surface area (TPSA) is 40.1 Å². The molecule has 0 amide bonds. The first-order chi connectivity index (χ1) is 11.3. The van der Waals surface area contributed by atoms with Crippen LogP contribution in [0.15, 0.2) is 33.5 Å². The highest BCUT2D eigenvalue weighted by molar-refractivity contribution is 14.1. The van der Waals surface area contributed by atoms with Crippen LogP contribution in [0, 0.1) is 5.92 Å². The molecular weight excluding hydrogens is 472 g/mol. The second-order valence-corrected chi connectivity index (χ2v) is 6.69. The van der Waals surface area contributed by atoms with Crippen molar-refractivity contribution in [3.05, 3.63) is 33.5 Å². The van der Waals surface area contributed by atoms with Gasteiger partial charge < -0.3 is 9.90 Å². The second kappa shape index (κ2) is 8.09. The Labute approximate surface area is 152 Å². The highest BCUT2D eigenvalue weighted by Crippen LogP contribution is 2.41. The smallest absolute Gasteiger partial charge is 0.453 e. The zero-order valence-corrected chi connectivity index (χ0v) is 14.7. The van der Waals surface area contributed by atoms with Crippen molar-refractivity contribution in [3.8, 4) is 0 Å². The summed E-state index contributed by atoms with van der Waals surface area (Å²) in [5, 5.41) is 11.0. The number of hydrogen-bond acceptors (Lipinski definition) is 2. The van der Waals surface area contributed by atoms with Crippen molar-refractivity contribution in [2.45, 2.75) is 43.7 Å². The van der Waals surface area contributed by atoms with Gasteiger partial charge in [-0.3, -0.25) is 0 Å². The molecule has 1 rings (SSSR count). The number of halogens is 8. The molecule has 0 aromatic rings. The van der Waals surface area contributed by atoms with Crippen LogP contribution in [0.4, 0.5) is 30.7 Å². The summed E-state index contributed by atoms with van der Waals surface area (Å²) in [7, 11) is 0. The minimum absolute atomic E-state index is 0.0386. The molecule has 1 atom stereocenters. The molecule has 1 unspecified atom stereocenters. The van der Waals surface area contributed by atoms with Gasteiger partial charge in [-0.1, -0.05) is 17.7 Å². The lowest BCUT2D eigenvalue weighted by atomic mass is 9.85. The number of unbranched alkanes of at least 4 members (excludes halogenated alkanes) is 1. The van der Waals surface area contributed by atoms with E-state index < -0.39 is 36.3 Å². The van der Waals surface area contributed by atoms with Crippen LogP contribution in [0.5, 0.6) is 0 Å². The molecule has 0 saturated carbocycles. The fraction of sp³-hybridized carbons (Fsp3) is 0.533. The largest absolute Gasteiger partial charge is 0.549 e. The van der Waals surface area contributed by atoms with Crippen molar-refractivity contribution in [2.75, 3.05) is 0 Å². The first kappa shape index (κ1) is 22.0. The number of carboxylic acid groups (broad SMARTS) is 1. The lowest BCUT2D eigenvalue weighted by molar-refractivity contribution is -0.315. The molecule has 0 aliphatic heterocycles. The quantitative estimate of drug-likeness (QED) is 0.230.